The molecule has 0 aliphatic heterocycles. The van der Waals surface area contributed by atoms with E-state index < -0.39 is 0 Å². The van der Waals surface area contributed by atoms with Gasteiger partial charge in [0.2, 0.25) is 0 Å². The van der Waals surface area contributed by atoms with E-state index in [4.69, 9.17) is 0 Å². The van der Waals surface area contributed by atoms with Crippen LogP contribution in [0, 0.1) is 0 Å². The van der Waals surface area contributed by atoms with E-state index in [1.54, 1.807) is 17.1 Å². The molecule has 2 aromatic rings. The van der Waals surface area contributed by atoms with Crippen LogP contribution < -0.4 is 5.32 Å². The lowest BCUT2D eigenvalue weighted by Crippen LogP contribution is -2.24. The Hall–Kier alpha value is -2.63. The second kappa shape index (κ2) is 8.73. The molecule has 0 spiro atoms. The summed E-state index contributed by atoms with van der Waals surface area (Å²) in [5, 5.41) is 7.06. The van der Waals surface area contributed by atoms with E-state index in [1.165, 1.54) is 7.11 Å². The van der Waals surface area contributed by atoms with Gasteiger partial charge in [-0.1, -0.05) is 24.6 Å². The molecule has 23 heavy (non-hydrogen) atoms. The zero-order valence-electron chi connectivity index (χ0n) is 13.2. The van der Waals surface area contributed by atoms with Crippen LogP contribution in [-0.4, -0.2) is 35.3 Å². The van der Waals surface area contributed by atoms with Crippen LogP contribution in [0.1, 0.15) is 36.0 Å². The van der Waals surface area contributed by atoms with E-state index in [0.717, 1.165) is 24.9 Å². The first kappa shape index (κ1) is 16.7. The number of hydrogen-bond donors (Lipinski definition) is 1. The van der Waals surface area contributed by atoms with Gasteiger partial charge >= 0.3 is 5.97 Å². The van der Waals surface area contributed by atoms with E-state index in [1.807, 2.05) is 30.3 Å². The van der Waals surface area contributed by atoms with Crippen molar-refractivity contribution in [2.75, 3.05) is 13.7 Å². The molecule has 0 bridgehead atoms. The van der Waals surface area contributed by atoms with Crippen LogP contribution in [0.5, 0.6) is 0 Å². The zero-order valence-corrected chi connectivity index (χ0v) is 13.2. The largest absolute Gasteiger partial charge is 0.469 e. The van der Waals surface area contributed by atoms with Gasteiger partial charge in [-0.3, -0.25) is 9.59 Å². The van der Waals surface area contributed by atoms with Crippen LogP contribution in [0.4, 0.5) is 0 Å². The highest BCUT2D eigenvalue weighted by Crippen LogP contribution is 2.07. The summed E-state index contributed by atoms with van der Waals surface area (Å²) in [7, 11) is 1.39. The molecule has 122 valence electrons. The molecule has 6 nitrogen and oxygen atoms in total. The number of methoxy groups -OCH3 is 1. The number of unbranched alkanes of at least 4 members (excludes halogenated alkanes) is 2. The molecule has 1 N–H and O–H groups in total. The van der Waals surface area contributed by atoms with E-state index in [0.29, 0.717) is 18.5 Å². The fraction of sp³-hybridized carbons (Fsp3) is 0.353. The quantitative estimate of drug-likeness (QED) is 0.599. The van der Waals surface area contributed by atoms with Crippen LogP contribution >= 0.6 is 0 Å². The molecule has 2 rings (SSSR count). The number of para-hydroxylation sites is 1. The van der Waals surface area contributed by atoms with E-state index >= 15 is 0 Å². The van der Waals surface area contributed by atoms with Crippen molar-refractivity contribution >= 4 is 11.9 Å². The number of ether oxygens (including phenoxy) is 1. The molecule has 0 aliphatic rings. The molecule has 0 fully saturated rings. The summed E-state index contributed by atoms with van der Waals surface area (Å²) in [6, 6.07) is 9.63. The lowest BCUT2D eigenvalue weighted by atomic mass is 10.2. The summed E-state index contributed by atoms with van der Waals surface area (Å²) < 4.78 is 6.25. The second-order valence-corrected chi connectivity index (χ2v) is 5.15. The summed E-state index contributed by atoms with van der Waals surface area (Å²) in [5.41, 5.74) is 1.44. The molecule has 0 unspecified atom stereocenters. The van der Waals surface area contributed by atoms with Gasteiger partial charge in [0.25, 0.3) is 5.91 Å². The molecule has 0 saturated heterocycles. The minimum atomic E-state index is -0.192. The maximum absolute atomic E-state index is 12.0. The molecular weight excluding hydrogens is 294 g/mol. The van der Waals surface area contributed by atoms with Crippen LogP contribution in [0.3, 0.4) is 0 Å². The minimum Gasteiger partial charge on any atom is -0.469 e. The maximum Gasteiger partial charge on any atom is 0.305 e. The topological polar surface area (TPSA) is 73.2 Å². The minimum absolute atomic E-state index is 0.139. The van der Waals surface area contributed by atoms with E-state index in [-0.39, 0.29) is 11.9 Å². The molecule has 1 aromatic carbocycles. The van der Waals surface area contributed by atoms with Crippen LogP contribution in [0.2, 0.25) is 0 Å². The van der Waals surface area contributed by atoms with Crippen molar-refractivity contribution < 1.29 is 14.3 Å². The van der Waals surface area contributed by atoms with Gasteiger partial charge in [-0.25, -0.2) is 4.68 Å². The van der Waals surface area contributed by atoms with Gasteiger partial charge in [0.1, 0.15) is 0 Å². The number of nitrogens with zero attached hydrogens (tertiary/aromatic N) is 2. The average Bonchev–Trinajstić information content (AvgIpc) is 3.08. The van der Waals surface area contributed by atoms with Gasteiger partial charge in [0.15, 0.2) is 0 Å². The molecule has 0 saturated carbocycles. The number of aromatic nitrogens is 2. The number of benzene rings is 1. The molecule has 0 atom stereocenters. The number of amides is 1. The van der Waals surface area contributed by atoms with Crippen molar-refractivity contribution in [1.82, 2.24) is 15.1 Å². The van der Waals surface area contributed by atoms with Gasteiger partial charge in [0.05, 0.1) is 24.6 Å². The predicted octanol–water partition coefficient (Wildman–Crippen LogP) is 2.34. The van der Waals surface area contributed by atoms with Crippen molar-refractivity contribution in [2.24, 2.45) is 0 Å². The van der Waals surface area contributed by atoms with Gasteiger partial charge in [-0.05, 0) is 25.0 Å². The predicted molar refractivity (Wildman–Crippen MR) is 86.4 cm³/mol. The Morgan fingerprint density at radius 1 is 1.17 bits per heavy atom. The van der Waals surface area contributed by atoms with Crippen molar-refractivity contribution in [1.29, 1.82) is 0 Å². The Bertz CT molecular complexity index is 638. The highest BCUT2D eigenvalue weighted by molar-refractivity contribution is 5.93. The fourth-order valence-electron chi connectivity index (χ4n) is 2.14. The molecule has 0 radical (unpaired) electrons. The molecule has 1 amide bonds. The first-order chi connectivity index (χ1) is 11.2. The molecule has 1 aromatic heterocycles. The normalized spacial score (nSPS) is 10.3. The van der Waals surface area contributed by atoms with Crippen LogP contribution in [0.15, 0.2) is 42.7 Å². The SMILES string of the molecule is COC(=O)CCCCCNC(=O)c1cnn(-c2ccccc2)c1. The Morgan fingerprint density at radius 2 is 1.96 bits per heavy atom. The van der Waals surface area contributed by atoms with Crippen molar-refractivity contribution in [3.05, 3.63) is 48.3 Å². The number of esters is 1. The fourth-order valence-corrected chi connectivity index (χ4v) is 2.14. The highest BCUT2D eigenvalue weighted by Gasteiger charge is 2.08. The Kier molecular flexibility index (Phi) is 6.35. The lowest BCUT2D eigenvalue weighted by molar-refractivity contribution is -0.140. The van der Waals surface area contributed by atoms with Crippen molar-refractivity contribution in [2.45, 2.75) is 25.7 Å². The Balaban J connectivity index is 1.72. The molecular formula is C17H21N3O3. The summed E-state index contributed by atoms with van der Waals surface area (Å²) in [6.07, 6.45) is 6.17. The van der Waals surface area contributed by atoms with Crippen LogP contribution in [-0.2, 0) is 9.53 Å². The van der Waals surface area contributed by atoms with Gasteiger partial charge < -0.3 is 10.1 Å². The summed E-state index contributed by atoms with van der Waals surface area (Å²) >= 11 is 0. The third kappa shape index (κ3) is 5.25. The zero-order chi connectivity index (χ0) is 16.5. The van der Waals surface area contributed by atoms with Gasteiger partial charge in [-0.2, -0.15) is 5.10 Å². The molecule has 6 heteroatoms. The number of hydrogen-bond acceptors (Lipinski definition) is 4. The van der Waals surface area contributed by atoms with Gasteiger partial charge in [-0.15, -0.1) is 0 Å². The Labute approximate surface area is 135 Å². The van der Waals surface area contributed by atoms with E-state index in [2.05, 4.69) is 15.2 Å². The first-order valence-corrected chi connectivity index (χ1v) is 7.66. The monoisotopic (exact) mass is 315 g/mol. The maximum atomic E-state index is 12.0. The lowest BCUT2D eigenvalue weighted by Gasteiger charge is -2.03. The van der Waals surface area contributed by atoms with Crippen molar-refractivity contribution in [3.8, 4) is 5.69 Å². The smallest absolute Gasteiger partial charge is 0.305 e. The average molecular weight is 315 g/mol. The molecule has 0 aliphatic carbocycles. The third-order valence-corrected chi connectivity index (χ3v) is 3.44. The van der Waals surface area contributed by atoms with Crippen molar-refractivity contribution in [3.63, 3.8) is 0 Å². The summed E-state index contributed by atoms with van der Waals surface area (Å²) in [5.74, 6) is -0.331. The molecule has 1 heterocycles. The Morgan fingerprint density at radius 3 is 2.70 bits per heavy atom. The number of carbonyl (C=O) groups excluding carboxylic acids is 2. The first-order valence-electron chi connectivity index (χ1n) is 7.66. The number of nitrogens with one attached hydrogen (secondary N) is 1. The van der Waals surface area contributed by atoms with E-state index in [9.17, 15) is 9.59 Å². The third-order valence-electron chi connectivity index (χ3n) is 3.44. The number of carbonyl (C=O) groups is 2. The summed E-state index contributed by atoms with van der Waals surface area (Å²) in [4.78, 5) is 23.0. The standard InChI is InChI=1S/C17H21N3O3/c1-23-16(21)10-6-3-7-11-18-17(22)14-12-19-20(13-14)15-8-4-2-5-9-15/h2,4-5,8-9,12-13H,3,6-7,10-11H2,1H3,(H,18,22). The number of rotatable bonds is 8. The highest BCUT2D eigenvalue weighted by atomic mass is 16.5. The summed E-state index contributed by atoms with van der Waals surface area (Å²) in [6.45, 7) is 0.580. The second-order valence-electron chi connectivity index (χ2n) is 5.15. The van der Waals surface area contributed by atoms with Gasteiger partial charge in [0, 0.05) is 19.2 Å². The van der Waals surface area contributed by atoms with Crippen LogP contribution in [0.25, 0.3) is 5.69 Å².